The van der Waals surface area contributed by atoms with Gasteiger partial charge >= 0.3 is 0 Å². The Morgan fingerprint density at radius 3 is 2.89 bits per heavy atom. The molecule has 0 aliphatic carbocycles. The molecule has 3 rings (SSSR count). The summed E-state index contributed by atoms with van der Waals surface area (Å²) in [5, 5.41) is 3.64. The van der Waals surface area contributed by atoms with Gasteiger partial charge in [0.25, 0.3) is 0 Å². The number of nitrogens with one attached hydrogen (secondary N) is 1. The molecule has 0 saturated carbocycles. The van der Waals surface area contributed by atoms with E-state index in [0.29, 0.717) is 0 Å². The summed E-state index contributed by atoms with van der Waals surface area (Å²) in [6.45, 7) is 6.77. The molecule has 1 saturated heterocycles. The normalized spacial score (nSPS) is 18.4. The Kier molecular flexibility index (Phi) is 7.91. The minimum atomic E-state index is 0.836. The lowest BCUT2D eigenvalue weighted by atomic mass is 9.91. The number of aromatic nitrogens is 1. The number of hydrogen-bond donors (Lipinski definition) is 1. The van der Waals surface area contributed by atoms with Crippen molar-refractivity contribution < 1.29 is 0 Å². The summed E-state index contributed by atoms with van der Waals surface area (Å²) in [5.41, 5.74) is 3.86. The Balaban J connectivity index is 1.43. The van der Waals surface area contributed by atoms with E-state index >= 15 is 0 Å². The predicted molar refractivity (Wildman–Crippen MR) is 114 cm³/mol. The van der Waals surface area contributed by atoms with Crippen molar-refractivity contribution in [3.63, 3.8) is 0 Å². The molecule has 0 spiro atoms. The highest BCUT2D eigenvalue weighted by atomic mass is 15.1. The van der Waals surface area contributed by atoms with E-state index in [4.69, 9.17) is 0 Å². The lowest BCUT2D eigenvalue weighted by Gasteiger charge is -2.33. The lowest BCUT2D eigenvalue weighted by molar-refractivity contribution is 0.171. The van der Waals surface area contributed by atoms with Crippen LogP contribution in [0.3, 0.4) is 0 Å². The third-order valence-electron chi connectivity index (χ3n) is 5.41. The van der Waals surface area contributed by atoms with Crippen LogP contribution in [0.5, 0.6) is 0 Å². The van der Waals surface area contributed by atoms with Gasteiger partial charge in [0, 0.05) is 43.3 Å². The van der Waals surface area contributed by atoms with E-state index < -0.39 is 0 Å². The Morgan fingerprint density at radius 2 is 2.11 bits per heavy atom. The summed E-state index contributed by atoms with van der Waals surface area (Å²) in [7, 11) is 0. The van der Waals surface area contributed by atoms with Crippen molar-refractivity contribution in [2.24, 2.45) is 5.92 Å². The smallest absolute Gasteiger partial charge is 0.0389 e. The van der Waals surface area contributed by atoms with Gasteiger partial charge in [0.15, 0.2) is 0 Å². The first-order chi connectivity index (χ1) is 13.3. The average Bonchev–Trinajstić information content (AvgIpc) is 2.73. The van der Waals surface area contributed by atoms with Gasteiger partial charge in [-0.15, -0.1) is 0 Å². The average molecular weight is 364 g/mol. The number of hydrogen-bond acceptors (Lipinski definition) is 3. The summed E-state index contributed by atoms with van der Waals surface area (Å²) >= 11 is 0. The number of benzene rings is 1. The summed E-state index contributed by atoms with van der Waals surface area (Å²) in [4.78, 5) is 6.89. The zero-order valence-electron chi connectivity index (χ0n) is 16.6. The minimum Gasteiger partial charge on any atom is -0.383 e. The van der Waals surface area contributed by atoms with Crippen molar-refractivity contribution in [3.8, 4) is 0 Å². The van der Waals surface area contributed by atoms with Crippen molar-refractivity contribution in [3.05, 3.63) is 72.1 Å². The number of rotatable bonds is 9. The number of pyridine rings is 1. The zero-order chi connectivity index (χ0) is 18.7. The van der Waals surface area contributed by atoms with Crippen molar-refractivity contribution in [2.45, 2.75) is 39.0 Å². The molecule has 1 aliphatic rings. The van der Waals surface area contributed by atoms with E-state index in [1.165, 1.54) is 55.6 Å². The van der Waals surface area contributed by atoms with E-state index in [1.54, 1.807) is 0 Å². The summed E-state index contributed by atoms with van der Waals surface area (Å²) in [6.07, 6.45) is 12.3. The Labute approximate surface area is 164 Å². The quantitative estimate of drug-likeness (QED) is 0.696. The van der Waals surface area contributed by atoms with Gasteiger partial charge in [-0.2, -0.15) is 0 Å². The molecule has 1 aromatic carbocycles. The fraction of sp³-hybridized carbons (Fsp3) is 0.458. The van der Waals surface area contributed by atoms with Crippen LogP contribution < -0.4 is 5.32 Å². The Morgan fingerprint density at radius 1 is 1.22 bits per heavy atom. The molecule has 0 amide bonds. The molecule has 0 bridgehead atoms. The van der Waals surface area contributed by atoms with Crippen molar-refractivity contribution in [1.29, 1.82) is 0 Å². The second-order valence-electron chi connectivity index (χ2n) is 7.53. The van der Waals surface area contributed by atoms with Gasteiger partial charge in [-0.1, -0.05) is 43.3 Å². The summed E-state index contributed by atoms with van der Waals surface area (Å²) < 4.78 is 0. The highest BCUT2D eigenvalue weighted by Gasteiger charge is 2.19. The van der Waals surface area contributed by atoms with Crippen LogP contribution in [-0.2, 0) is 6.42 Å². The minimum absolute atomic E-state index is 0.836. The van der Waals surface area contributed by atoms with E-state index in [-0.39, 0.29) is 0 Å². The molecule has 27 heavy (non-hydrogen) atoms. The number of nitrogens with zero attached hydrogens (tertiary/aromatic N) is 2. The maximum Gasteiger partial charge on any atom is 0.0389 e. The second-order valence-corrected chi connectivity index (χ2v) is 7.53. The Hall–Kier alpha value is -2.13. The molecule has 2 aromatic rings. The highest BCUT2D eigenvalue weighted by molar-refractivity contribution is 5.62. The molecule has 3 nitrogen and oxygen atoms in total. The van der Waals surface area contributed by atoms with Crippen molar-refractivity contribution in [1.82, 2.24) is 15.2 Å². The van der Waals surface area contributed by atoms with Gasteiger partial charge in [-0.3, -0.25) is 4.98 Å². The molecule has 144 valence electrons. The Bertz CT molecular complexity index is 681. The molecule has 3 heteroatoms. The van der Waals surface area contributed by atoms with E-state index in [0.717, 1.165) is 25.4 Å². The first kappa shape index (κ1) is 19.6. The van der Waals surface area contributed by atoms with Crippen LogP contribution in [0.2, 0.25) is 0 Å². The van der Waals surface area contributed by atoms with Crippen molar-refractivity contribution in [2.75, 3.05) is 26.2 Å². The van der Waals surface area contributed by atoms with E-state index in [9.17, 15) is 0 Å². The standard InChI is InChI=1S/C24H33N3/c1-2-8-24(23-12-6-15-25-19-23)26-16-18-27-17-7-11-22(20-27)14-13-21-9-4-3-5-10-21/h3-6,8-10,12,15,19,22,26H,2,7,11,13-14,16-18,20H2,1H3. The van der Waals surface area contributed by atoms with Crippen LogP contribution in [-0.4, -0.2) is 36.1 Å². The molecule has 1 aromatic heterocycles. The first-order valence-electron chi connectivity index (χ1n) is 10.5. The maximum atomic E-state index is 4.25. The summed E-state index contributed by atoms with van der Waals surface area (Å²) in [5.74, 6) is 0.836. The van der Waals surface area contributed by atoms with E-state index in [2.05, 4.69) is 64.6 Å². The zero-order valence-corrected chi connectivity index (χ0v) is 16.6. The van der Waals surface area contributed by atoms with Crippen LogP contribution >= 0.6 is 0 Å². The fourth-order valence-electron chi connectivity index (χ4n) is 3.97. The van der Waals surface area contributed by atoms with E-state index in [1.807, 2.05) is 18.5 Å². The van der Waals surface area contributed by atoms with Crippen LogP contribution in [0.1, 0.15) is 43.7 Å². The number of likely N-dealkylation sites (tertiary alicyclic amines) is 1. The first-order valence-corrected chi connectivity index (χ1v) is 10.5. The molecule has 2 heterocycles. The van der Waals surface area contributed by atoms with Crippen molar-refractivity contribution >= 4 is 5.70 Å². The summed E-state index contributed by atoms with van der Waals surface area (Å²) in [6, 6.07) is 15.0. The van der Waals surface area contributed by atoms with Crippen LogP contribution in [0.15, 0.2) is 60.9 Å². The third kappa shape index (κ3) is 6.51. The number of allylic oxidation sites excluding steroid dienone is 1. The van der Waals surface area contributed by atoms with Gasteiger partial charge in [-0.05, 0) is 62.3 Å². The molecule has 0 radical (unpaired) electrons. The van der Waals surface area contributed by atoms with Gasteiger partial charge in [0.2, 0.25) is 0 Å². The monoisotopic (exact) mass is 363 g/mol. The third-order valence-corrected chi connectivity index (χ3v) is 5.41. The molecular weight excluding hydrogens is 330 g/mol. The number of aryl methyl sites for hydroxylation is 1. The lowest BCUT2D eigenvalue weighted by Crippen LogP contribution is -2.39. The van der Waals surface area contributed by atoms with Gasteiger partial charge < -0.3 is 10.2 Å². The van der Waals surface area contributed by atoms with Crippen LogP contribution in [0.25, 0.3) is 5.70 Å². The molecule has 1 aliphatic heterocycles. The fourth-order valence-corrected chi connectivity index (χ4v) is 3.97. The maximum absolute atomic E-state index is 4.25. The van der Waals surface area contributed by atoms with Gasteiger partial charge in [-0.25, -0.2) is 0 Å². The largest absolute Gasteiger partial charge is 0.383 e. The van der Waals surface area contributed by atoms with Crippen LogP contribution in [0.4, 0.5) is 0 Å². The second kappa shape index (κ2) is 10.9. The highest BCUT2D eigenvalue weighted by Crippen LogP contribution is 2.21. The SMILES string of the molecule is CCC=C(NCCN1CCCC(CCc2ccccc2)C1)c1cccnc1. The molecule has 1 N–H and O–H groups in total. The topological polar surface area (TPSA) is 28.2 Å². The molecule has 1 unspecified atom stereocenters. The van der Waals surface area contributed by atoms with Gasteiger partial charge in [0.1, 0.15) is 0 Å². The van der Waals surface area contributed by atoms with Crippen LogP contribution in [0, 0.1) is 5.92 Å². The van der Waals surface area contributed by atoms with Gasteiger partial charge in [0.05, 0.1) is 0 Å². The molecule has 1 atom stereocenters. The number of piperidine rings is 1. The molecule has 1 fully saturated rings. The predicted octanol–water partition coefficient (Wildman–Crippen LogP) is 4.77. The molecular formula is C24H33N3.